The summed E-state index contributed by atoms with van der Waals surface area (Å²) < 4.78 is 0. The zero-order valence-corrected chi connectivity index (χ0v) is 13.6. The number of pyridine rings is 1. The van der Waals surface area contributed by atoms with Crippen LogP contribution in [0.3, 0.4) is 0 Å². The summed E-state index contributed by atoms with van der Waals surface area (Å²) in [5.74, 6) is 0.406. The van der Waals surface area contributed by atoms with E-state index in [1.165, 1.54) is 5.56 Å². The molecule has 0 unspecified atom stereocenters. The topological polar surface area (TPSA) is 54.0 Å². The third-order valence-electron chi connectivity index (χ3n) is 3.02. The first-order valence-electron chi connectivity index (χ1n) is 6.82. The van der Waals surface area contributed by atoms with Crippen LogP contribution >= 0.6 is 22.9 Å². The Kier molecular flexibility index (Phi) is 5.59. The van der Waals surface area contributed by atoms with Gasteiger partial charge < -0.3 is 10.6 Å². The fraction of sp³-hybridized carbons (Fsp3) is 0.333. The van der Waals surface area contributed by atoms with Crippen LogP contribution < -0.4 is 10.6 Å². The Bertz CT molecular complexity index is 627. The van der Waals surface area contributed by atoms with Crippen LogP contribution in [0.15, 0.2) is 22.9 Å². The number of hydrogen-bond donors (Lipinski definition) is 2. The summed E-state index contributed by atoms with van der Waals surface area (Å²) in [6.45, 7) is 5.39. The summed E-state index contributed by atoms with van der Waals surface area (Å²) in [7, 11) is 0. The Morgan fingerprint density at radius 3 is 2.86 bits per heavy atom. The Morgan fingerprint density at radius 1 is 1.38 bits per heavy atom. The van der Waals surface area contributed by atoms with Gasteiger partial charge in [0.05, 0.1) is 5.02 Å². The fourth-order valence-corrected chi connectivity index (χ4v) is 2.83. The SMILES string of the molecule is CCCNc1ccc(Cl)c(C(=O)NCc2cscc2C)n1. The predicted octanol–water partition coefficient (Wildman–Crippen LogP) is 3.86. The molecule has 2 heterocycles. The van der Waals surface area contributed by atoms with Gasteiger partial charge in [0, 0.05) is 13.1 Å². The first-order valence-corrected chi connectivity index (χ1v) is 8.14. The van der Waals surface area contributed by atoms with Gasteiger partial charge in [0.1, 0.15) is 11.5 Å². The number of aromatic nitrogens is 1. The number of aryl methyl sites for hydroxylation is 1. The highest BCUT2D eigenvalue weighted by Gasteiger charge is 2.13. The molecule has 1 amide bonds. The lowest BCUT2D eigenvalue weighted by Crippen LogP contribution is -2.24. The number of anilines is 1. The lowest BCUT2D eigenvalue weighted by atomic mass is 10.2. The Labute approximate surface area is 133 Å². The van der Waals surface area contributed by atoms with Gasteiger partial charge in [-0.3, -0.25) is 4.79 Å². The second-order valence-corrected chi connectivity index (χ2v) is 5.87. The Hall–Kier alpha value is -1.59. The third-order valence-corrected chi connectivity index (χ3v) is 4.23. The van der Waals surface area contributed by atoms with E-state index in [0.717, 1.165) is 18.5 Å². The maximum absolute atomic E-state index is 12.2. The van der Waals surface area contributed by atoms with Crippen molar-refractivity contribution >= 4 is 34.7 Å². The highest BCUT2D eigenvalue weighted by Crippen LogP contribution is 2.18. The average molecular weight is 324 g/mol. The molecule has 2 aromatic rings. The van der Waals surface area contributed by atoms with Gasteiger partial charge in [0.15, 0.2) is 0 Å². The van der Waals surface area contributed by atoms with E-state index in [4.69, 9.17) is 11.6 Å². The Morgan fingerprint density at radius 2 is 2.19 bits per heavy atom. The number of carbonyl (C=O) groups is 1. The van der Waals surface area contributed by atoms with Crippen molar-refractivity contribution in [2.24, 2.45) is 0 Å². The number of carbonyl (C=O) groups excluding carboxylic acids is 1. The second kappa shape index (κ2) is 7.43. The molecule has 2 N–H and O–H groups in total. The molecule has 0 aliphatic heterocycles. The summed E-state index contributed by atoms with van der Waals surface area (Å²) in [5.41, 5.74) is 2.55. The molecule has 0 radical (unpaired) electrons. The fourth-order valence-electron chi connectivity index (χ4n) is 1.78. The molecule has 0 saturated heterocycles. The van der Waals surface area contributed by atoms with E-state index in [2.05, 4.69) is 27.9 Å². The number of nitrogens with one attached hydrogen (secondary N) is 2. The van der Waals surface area contributed by atoms with E-state index in [-0.39, 0.29) is 11.6 Å². The second-order valence-electron chi connectivity index (χ2n) is 4.72. The first kappa shape index (κ1) is 15.8. The molecular formula is C15H18ClN3OS. The molecule has 0 atom stereocenters. The molecule has 21 heavy (non-hydrogen) atoms. The molecule has 6 heteroatoms. The van der Waals surface area contributed by atoms with E-state index >= 15 is 0 Å². The van der Waals surface area contributed by atoms with Crippen LogP contribution in [0.25, 0.3) is 0 Å². The molecule has 0 saturated carbocycles. The van der Waals surface area contributed by atoms with Crippen LogP contribution in [-0.2, 0) is 6.54 Å². The van der Waals surface area contributed by atoms with Crippen molar-refractivity contribution in [1.82, 2.24) is 10.3 Å². The summed E-state index contributed by atoms with van der Waals surface area (Å²) >= 11 is 7.69. The molecule has 0 spiro atoms. The van der Waals surface area contributed by atoms with Crippen LogP contribution in [0.1, 0.15) is 35.0 Å². The standard InChI is InChI=1S/C15H18ClN3OS/c1-3-6-17-13-5-4-12(16)14(19-13)15(20)18-7-11-9-21-8-10(11)2/h4-5,8-9H,3,6-7H2,1-2H3,(H,17,19)(H,18,20). The maximum Gasteiger partial charge on any atom is 0.271 e. The lowest BCUT2D eigenvalue weighted by Gasteiger charge is -2.09. The van der Waals surface area contributed by atoms with Crippen LogP contribution in [0.4, 0.5) is 5.82 Å². The Balaban J connectivity index is 2.05. The zero-order chi connectivity index (χ0) is 15.2. The number of thiophene rings is 1. The number of amides is 1. The van der Waals surface area contributed by atoms with Gasteiger partial charge in [-0.05, 0) is 47.4 Å². The number of hydrogen-bond acceptors (Lipinski definition) is 4. The van der Waals surface area contributed by atoms with E-state index in [0.29, 0.717) is 17.4 Å². The van der Waals surface area contributed by atoms with Crippen molar-refractivity contribution < 1.29 is 4.79 Å². The van der Waals surface area contributed by atoms with Crippen LogP contribution in [-0.4, -0.2) is 17.4 Å². The molecular weight excluding hydrogens is 306 g/mol. The predicted molar refractivity (Wildman–Crippen MR) is 88.3 cm³/mol. The minimum absolute atomic E-state index is 0.255. The van der Waals surface area contributed by atoms with Crippen LogP contribution in [0.5, 0.6) is 0 Å². The van der Waals surface area contributed by atoms with E-state index in [9.17, 15) is 4.79 Å². The van der Waals surface area contributed by atoms with Crippen molar-refractivity contribution in [3.05, 3.63) is 44.7 Å². The zero-order valence-electron chi connectivity index (χ0n) is 12.1. The van der Waals surface area contributed by atoms with Crippen LogP contribution in [0, 0.1) is 6.92 Å². The quantitative estimate of drug-likeness (QED) is 0.848. The van der Waals surface area contributed by atoms with Gasteiger partial charge in [-0.2, -0.15) is 11.3 Å². The molecule has 0 aromatic carbocycles. The highest BCUT2D eigenvalue weighted by molar-refractivity contribution is 7.08. The van der Waals surface area contributed by atoms with Crippen molar-refractivity contribution in [3.8, 4) is 0 Å². The van der Waals surface area contributed by atoms with Gasteiger partial charge >= 0.3 is 0 Å². The van der Waals surface area contributed by atoms with Gasteiger partial charge in [-0.15, -0.1) is 0 Å². The summed E-state index contributed by atoms with van der Waals surface area (Å²) in [5, 5.41) is 10.5. The van der Waals surface area contributed by atoms with Crippen molar-refractivity contribution in [1.29, 1.82) is 0 Å². The summed E-state index contributed by atoms with van der Waals surface area (Å²) in [6, 6.07) is 3.47. The van der Waals surface area contributed by atoms with Gasteiger partial charge in [0.2, 0.25) is 0 Å². The van der Waals surface area contributed by atoms with E-state index < -0.39 is 0 Å². The van der Waals surface area contributed by atoms with Crippen molar-refractivity contribution in [3.63, 3.8) is 0 Å². The summed E-state index contributed by atoms with van der Waals surface area (Å²) in [6.07, 6.45) is 0.989. The van der Waals surface area contributed by atoms with Crippen molar-refractivity contribution in [2.75, 3.05) is 11.9 Å². The largest absolute Gasteiger partial charge is 0.370 e. The minimum Gasteiger partial charge on any atom is -0.370 e. The number of nitrogens with zero attached hydrogens (tertiary/aromatic N) is 1. The highest BCUT2D eigenvalue weighted by atomic mass is 35.5. The van der Waals surface area contributed by atoms with Gasteiger partial charge in [-0.25, -0.2) is 4.98 Å². The molecule has 4 nitrogen and oxygen atoms in total. The minimum atomic E-state index is -0.259. The van der Waals surface area contributed by atoms with E-state index in [1.807, 2.05) is 12.3 Å². The smallest absolute Gasteiger partial charge is 0.271 e. The maximum atomic E-state index is 12.2. The average Bonchev–Trinajstić information content (AvgIpc) is 2.89. The van der Waals surface area contributed by atoms with Crippen LogP contribution in [0.2, 0.25) is 5.02 Å². The normalized spacial score (nSPS) is 10.4. The molecule has 0 aliphatic rings. The molecule has 112 valence electrons. The lowest BCUT2D eigenvalue weighted by molar-refractivity contribution is 0.0946. The number of rotatable bonds is 6. The van der Waals surface area contributed by atoms with Gasteiger partial charge in [0.25, 0.3) is 5.91 Å². The summed E-state index contributed by atoms with van der Waals surface area (Å²) in [4.78, 5) is 16.5. The third kappa shape index (κ3) is 4.19. The van der Waals surface area contributed by atoms with Gasteiger partial charge in [-0.1, -0.05) is 18.5 Å². The van der Waals surface area contributed by atoms with Crippen molar-refractivity contribution in [2.45, 2.75) is 26.8 Å². The molecule has 0 aliphatic carbocycles. The molecule has 0 fully saturated rings. The molecule has 0 bridgehead atoms. The molecule has 2 aromatic heterocycles. The molecule has 2 rings (SSSR count). The monoisotopic (exact) mass is 323 g/mol. The van der Waals surface area contributed by atoms with E-state index in [1.54, 1.807) is 23.5 Å². The first-order chi connectivity index (χ1) is 10.1. The number of halogens is 1.